The number of benzene rings is 2. The largest absolute Gasteiger partial charge is 0.280 e. The number of hydrogen-bond donors (Lipinski definition) is 0. The third-order valence-corrected chi connectivity index (χ3v) is 4.20. The summed E-state index contributed by atoms with van der Waals surface area (Å²) in [5, 5.41) is 14.7. The molecule has 0 N–H and O–H groups in total. The molecule has 0 radical (unpaired) electrons. The van der Waals surface area contributed by atoms with Gasteiger partial charge in [-0.1, -0.05) is 12.1 Å². The van der Waals surface area contributed by atoms with Crippen molar-refractivity contribution < 1.29 is 31.7 Å². The van der Waals surface area contributed by atoms with Crippen molar-refractivity contribution in [2.75, 3.05) is 5.01 Å². The summed E-state index contributed by atoms with van der Waals surface area (Å²) >= 11 is 0. The summed E-state index contributed by atoms with van der Waals surface area (Å²) < 4.78 is 68.2. The van der Waals surface area contributed by atoms with Gasteiger partial charge in [0.1, 0.15) is 5.69 Å². The van der Waals surface area contributed by atoms with Crippen LogP contribution in [0.4, 0.5) is 33.3 Å². The summed E-state index contributed by atoms with van der Waals surface area (Å²) in [5.41, 5.74) is -1.47. The SMILES string of the molecule is CC1=NN(c2c(F)c(F)c(F)c(F)c2F)C(=O)/C1=C/c1ccc(C)c([N+](=O)[O-])c1. The number of nitro benzene ring substituents is 1. The molecule has 0 spiro atoms. The molecule has 2 aromatic carbocycles. The first kappa shape index (κ1) is 20.1. The zero-order valence-corrected chi connectivity index (χ0v) is 14.8. The fraction of sp³-hybridized carbons (Fsp3) is 0.111. The first-order chi connectivity index (χ1) is 13.5. The van der Waals surface area contributed by atoms with Gasteiger partial charge in [-0.3, -0.25) is 14.9 Å². The normalized spacial score (nSPS) is 15.3. The van der Waals surface area contributed by atoms with Crippen LogP contribution in [0, 0.1) is 46.1 Å². The number of nitrogens with zero attached hydrogens (tertiary/aromatic N) is 3. The van der Waals surface area contributed by atoms with Crippen LogP contribution < -0.4 is 5.01 Å². The lowest BCUT2D eigenvalue weighted by molar-refractivity contribution is -0.385. The molecule has 0 fully saturated rings. The lowest BCUT2D eigenvalue weighted by Crippen LogP contribution is -2.25. The highest BCUT2D eigenvalue weighted by atomic mass is 19.2. The van der Waals surface area contributed by atoms with Crippen LogP contribution in [0.3, 0.4) is 0 Å². The van der Waals surface area contributed by atoms with E-state index in [2.05, 4.69) is 5.10 Å². The van der Waals surface area contributed by atoms with E-state index >= 15 is 0 Å². The van der Waals surface area contributed by atoms with Gasteiger partial charge < -0.3 is 0 Å². The molecule has 0 aromatic heterocycles. The predicted molar refractivity (Wildman–Crippen MR) is 92.6 cm³/mol. The minimum absolute atomic E-state index is 0.0695. The number of hydrogen-bond acceptors (Lipinski definition) is 4. The van der Waals surface area contributed by atoms with E-state index < -0.39 is 45.6 Å². The highest BCUT2D eigenvalue weighted by Crippen LogP contribution is 2.34. The van der Waals surface area contributed by atoms with E-state index in [4.69, 9.17) is 0 Å². The smallest absolute Gasteiger partial charge is 0.267 e. The van der Waals surface area contributed by atoms with E-state index in [1.807, 2.05) is 0 Å². The molecule has 0 atom stereocenters. The number of amides is 1. The maximum absolute atomic E-state index is 14.0. The maximum Gasteiger partial charge on any atom is 0.280 e. The van der Waals surface area contributed by atoms with E-state index in [9.17, 15) is 36.9 Å². The second-order valence-electron chi connectivity index (χ2n) is 6.08. The Morgan fingerprint density at radius 2 is 1.55 bits per heavy atom. The Bertz CT molecular complexity index is 1120. The molecule has 1 amide bonds. The quantitative estimate of drug-likeness (QED) is 0.188. The van der Waals surface area contributed by atoms with Crippen LogP contribution >= 0.6 is 0 Å². The van der Waals surface area contributed by atoms with Gasteiger partial charge in [0.15, 0.2) is 23.3 Å². The molecular weight excluding hydrogens is 401 g/mol. The molecule has 150 valence electrons. The third kappa shape index (κ3) is 3.24. The number of hydrazone groups is 1. The Labute approximate surface area is 159 Å². The van der Waals surface area contributed by atoms with Gasteiger partial charge in [0.25, 0.3) is 11.6 Å². The Morgan fingerprint density at radius 3 is 2.10 bits per heavy atom. The van der Waals surface area contributed by atoms with Gasteiger partial charge >= 0.3 is 0 Å². The summed E-state index contributed by atoms with van der Waals surface area (Å²) in [6.45, 7) is 2.78. The molecule has 0 bridgehead atoms. The Morgan fingerprint density at radius 1 is 1.00 bits per heavy atom. The van der Waals surface area contributed by atoms with E-state index in [0.717, 1.165) is 0 Å². The summed E-state index contributed by atoms with van der Waals surface area (Å²) in [5.74, 6) is -12.4. The van der Waals surface area contributed by atoms with Gasteiger partial charge in [-0.2, -0.15) is 10.1 Å². The zero-order valence-electron chi connectivity index (χ0n) is 14.8. The molecule has 29 heavy (non-hydrogen) atoms. The lowest BCUT2D eigenvalue weighted by Gasteiger charge is -2.15. The lowest BCUT2D eigenvalue weighted by atomic mass is 10.0. The zero-order chi connectivity index (χ0) is 21.6. The summed E-state index contributed by atoms with van der Waals surface area (Å²) in [6, 6.07) is 4.05. The van der Waals surface area contributed by atoms with Crippen molar-refractivity contribution >= 4 is 29.1 Å². The first-order valence-corrected chi connectivity index (χ1v) is 7.92. The number of aryl methyl sites for hydroxylation is 1. The van der Waals surface area contributed by atoms with Crippen LogP contribution in [0.15, 0.2) is 28.9 Å². The number of nitro groups is 1. The van der Waals surface area contributed by atoms with E-state index in [-0.39, 0.29) is 27.5 Å². The average Bonchev–Trinajstić information content (AvgIpc) is 2.94. The monoisotopic (exact) mass is 411 g/mol. The third-order valence-electron chi connectivity index (χ3n) is 4.20. The van der Waals surface area contributed by atoms with Gasteiger partial charge in [-0.05, 0) is 25.5 Å². The van der Waals surface area contributed by atoms with Crippen molar-refractivity contribution in [1.82, 2.24) is 0 Å². The number of halogens is 5. The van der Waals surface area contributed by atoms with Gasteiger partial charge in [0.2, 0.25) is 5.82 Å². The van der Waals surface area contributed by atoms with Gasteiger partial charge in [0.05, 0.1) is 16.2 Å². The van der Waals surface area contributed by atoms with Crippen LogP contribution in [-0.4, -0.2) is 16.5 Å². The molecule has 6 nitrogen and oxygen atoms in total. The van der Waals surface area contributed by atoms with E-state index in [0.29, 0.717) is 5.56 Å². The number of rotatable bonds is 3. The highest BCUT2D eigenvalue weighted by molar-refractivity contribution is 6.32. The molecule has 1 aliphatic heterocycles. The molecule has 3 rings (SSSR count). The Balaban J connectivity index is 2.09. The Kier molecular flexibility index (Phi) is 4.91. The fourth-order valence-corrected chi connectivity index (χ4v) is 2.69. The minimum Gasteiger partial charge on any atom is -0.267 e. The maximum atomic E-state index is 14.0. The van der Waals surface area contributed by atoms with Crippen LogP contribution in [0.5, 0.6) is 0 Å². The van der Waals surface area contributed by atoms with E-state index in [1.165, 1.54) is 38.1 Å². The van der Waals surface area contributed by atoms with Gasteiger partial charge in [0, 0.05) is 11.6 Å². The molecule has 0 unspecified atom stereocenters. The highest BCUT2D eigenvalue weighted by Gasteiger charge is 2.37. The van der Waals surface area contributed by atoms with Gasteiger partial charge in [-0.25, -0.2) is 22.0 Å². The first-order valence-electron chi connectivity index (χ1n) is 7.92. The van der Waals surface area contributed by atoms with Crippen LogP contribution in [0.1, 0.15) is 18.1 Å². The van der Waals surface area contributed by atoms with Crippen molar-refractivity contribution in [3.63, 3.8) is 0 Å². The minimum atomic E-state index is -2.36. The molecule has 0 aliphatic carbocycles. The predicted octanol–water partition coefficient (Wildman–Crippen LogP) is 4.40. The van der Waals surface area contributed by atoms with Crippen molar-refractivity contribution in [3.8, 4) is 0 Å². The van der Waals surface area contributed by atoms with Crippen LogP contribution in [0.25, 0.3) is 6.08 Å². The van der Waals surface area contributed by atoms with Crippen LogP contribution in [0.2, 0.25) is 0 Å². The van der Waals surface area contributed by atoms with Crippen molar-refractivity contribution in [3.05, 3.63) is 74.1 Å². The molecule has 0 saturated heterocycles. The van der Waals surface area contributed by atoms with Crippen LogP contribution in [-0.2, 0) is 4.79 Å². The van der Waals surface area contributed by atoms with E-state index in [1.54, 1.807) is 0 Å². The molecule has 0 saturated carbocycles. The summed E-state index contributed by atoms with van der Waals surface area (Å²) in [6.07, 6.45) is 1.17. The topological polar surface area (TPSA) is 75.8 Å². The van der Waals surface area contributed by atoms with Crippen molar-refractivity contribution in [2.24, 2.45) is 5.10 Å². The average molecular weight is 411 g/mol. The number of anilines is 1. The van der Waals surface area contributed by atoms with Crippen molar-refractivity contribution in [1.29, 1.82) is 0 Å². The Hall–Kier alpha value is -3.63. The second kappa shape index (κ2) is 7.08. The standard InChI is InChI=1S/C18H10F5N3O3/c1-7-3-4-9(6-11(7)26(28)29)5-10-8(2)24-25(18(10)27)17-15(22)13(20)12(19)14(21)16(17)23/h3-6H,1-2H3/b10-5+. The molecule has 11 heteroatoms. The molecule has 2 aromatic rings. The number of carbonyl (C=O) groups excluding carboxylic acids is 1. The molecule has 1 heterocycles. The fourth-order valence-electron chi connectivity index (χ4n) is 2.69. The number of carbonyl (C=O) groups is 1. The van der Waals surface area contributed by atoms with Crippen molar-refractivity contribution in [2.45, 2.75) is 13.8 Å². The van der Waals surface area contributed by atoms with Gasteiger partial charge in [-0.15, -0.1) is 0 Å². The molecular formula is C18H10F5N3O3. The summed E-state index contributed by atoms with van der Waals surface area (Å²) in [4.78, 5) is 23.0. The molecule has 1 aliphatic rings. The summed E-state index contributed by atoms with van der Waals surface area (Å²) in [7, 11) is 0. The second-order valence-corrected chi connectivity index (χ2v) is 6.08.